The molecule has 0 spiro atoms. The van der Waals surface area contributed by atoms with Crippen molar-refractivity contribution in [2.45, 2.75) is 38.5 Å². The Bertz CT molecular complexity index is 551. The highest BCUT2D eigenvalue weighted by atomic mass is 32.1. The second kappa shape index (κ2) is 6.06. The van der Waals surface area contributed by atoms with Crippen molar-refractivity contribution in [3.63, 3.8) is 0 Å². The first kappa shape index (κ1) is 13.8. The number of rotatable bonds is 3. The molecule has 0 amide bonds. The molecule has 1 aliphatic rings. The van der Waals surface area contributed by atoms with E-state index in [1.54, 1.807) is 0 Å². The third-order valence-electron chi connectivity index (χ3n) is 4.08. The molecular weight excluding hydrogens is 264 g/mol. The maximum absolute atomic E-state index is 4.87. The largest absolute Gasteiger partial charge is 0.317 e. The van der Waals surface area contributed by atoms with Crippen LogP contribution < -0.4 is 5.32 Å². The molecule has 20 heavy (non-hydrogen) atoms. The summed E-state index contributed by atoms with van der Waals surface area (Å²) in [5.74, 6) is 1.25. The predicted octanol–water partition coefficient (Wildman–Crippen LogP) is 4.40. The highest BCUT2D eigenvalue weighted by molar-refractivity contribution is 7.10. The topological polar surface area (TPSA) is 24.9 Å². The number of benzene rings is 1. The first-order chi connectivity index (χ1) is 9.74. The monoisotopic (exact) mass is 286 g/mol. The minimum absolute atomic E-state index is 0.588. The van der Waals surface area contributed by atoms with Crippen LogP contribution in [0.2, 0.25) is 0 Å². The molecule has 1 aromatic heterocycles. The zero-order valence-electron chi connectivity index (χ0n) is 12.2. The normalized spacial score (nSPS) is 16.8. The van der Waals surface area contributed by atoms with Crippen LogP contribution in [0, 0.1) is 0 Å². The Morgan fingerprint density at radius 2 is 1.85 bits per heavy atom. The molecule has 2 nitrogen and oxygen atoms in total. The van der Waals surface area contributed by atoms with Gasteiger partial charge in [-0.2, -0.15) is 0 Å². The first-order valence-electron chi connectivity index (χ1n) is 7.50. The number of hydrogen-bond donors (Lipinski definition) is 1. The summed E-state index contributed by atoms with van der Waals surface area (Å²) in [4.78, 5) is 4.87. The lowest BCUT2D eigenvalue weighted by Crippen LogP contribution is -2.26. The van der Waals surface area contributed by atoms with Crippen LogP contribution in [0.4, 0.5) is 0 Å². The molecule has 1 saturated heterocycles. The number of thiazole rings is 1. The predicted molar refractivity (Wildman–Crippen MR) is 86.5 cm³/mol. The summed E-state index contributed by atoms with van der Waals surface area (Å²) in [5, 5.41) is 6.94. The molecule has 0 unspecified atom stereocenters. The van der Waals surface area contributed by atoms with Gasteiger partial charge in [0.2, 0.25) is 0 Å². The third-order valence-corrected chi connectivity index (χ3v) is 5.09. The average molecular weight is 286 g/mol. The van der Waals surface area contributed by atoms with Crippen LogP contribution in [0.5, 0.6) is 0 Å². The Balaban J connectivity index is 1.78. The Morgan fingerprint density at radius 3 is 2.50 bits per heavy atom. The molecular formula is C17H22N2S. The van der Waals surface area contributed by atoms with Crippen LogP contribution in [0.1, 0.15) is 49.1 Å². The molecule has 0 saturated carbocycles. The van der Waals surface area contributed by atoms with Crippen molar-refractivity contribution in [2.24, 2.45) is 0 Å². The van der Waals surface area contributed by atoms with Crippen molar-refractivity contribution in [3.8, 4) is 11.3 Å². The van der Waals surface area contributed by atoms with Crippen molar-refractivity contribution in [1.29, 1.82) is 0 Å². The molecule has 0 atom stereocenters. The van der Waals surface area contributed by atoms with Crippen molar-refractivity contribution in [1.82, 2.24) is 10.3 Å². The van der Waals surface area contributed by atoms with E-state index in [-0.39, 0.29) is 0 Å². The van der Waals surface area contributed by atoms with Gasteiger partial charge >= 0.3 is 0 Å². The van der Waals surface area contributed by atoms with Gasteiger partial charge in [0, 0.05) is 16.9 Å². The van der Waals surface area contributed by atoms with E-state index in [2.05, 4.69) is 48.8 Å². The number of hydrogen-bond acceptors (Lipinski definition) is 3. The van der Waals surface area contributed by atoms with Gasteiger partial charge in [-0.1, -0.05) is 38.1 Å². The van der Waals surface area contributed by atoms with Crippen LogP contribution in [-0.4, -0.2) is 18.1 Å². The van der Waals surface area contributed by atoms with Crippen LogP contribution in [0.25, 0.3) is 11.3 Å². The third kappa shape index (κ3) is 2.94. The summed E-state index contributed by atoms with van der Waals surface area (Å²) < 4.78 is 0. The van der Waals surface area contributed by atoms with Gasteiger partial charge in [0.1, 0.15) is 0 Å². The number of nitrogens with zero attached hydrogens (tertiary/aromatic N) is 1. The fourth-order valence-electron chi connectivity index (χ4n) is 2.72. The van der Waals surface area contributed by atoms with Gasteiger partial charge in [0.05, 0.1) is 10.7 Å². The van der Waals surface area contributed by atoms with E-state index >= 15 is 0 Å². The number of aromatic nitrogens is 1. The van der Waals surface area contributed by atoms with E-state index < -0.39 is 0 Å². The van der Waals surface area contributed by atoms with Crippen LogP contribution in [-0.2, 0) is 0 Å². The Labute approximate surface area is 125 Å². The molecule has 0 radical (unpaired) electrons. The van der Waals surface area contributed by atoms with E-state index in [4.69, 9.17) is 4.98 Å². The molecule has 2 aromatic rings. The Hall–Kier alpha value is -1.19. The Kier molecular flexibility index (Phi) is 4.18. The van der Waals surface area contributed by atoms with Gasteiger partial charge in [0.15, 0.2) is 0 Å². The van der Waals surface area contributed by atoms with Gasteiger partial charge in [-0.15, -0.1) is 11.3 Å². The molecule has 0 bridgehead atoms. The SMILES string of the molecule is CC(C)c1ccc(-c2csc(C3CCNCC3)n2)cc1. The highest BCUT2D eigenvalue weighted by Gasteiger charge is 2.18. The van der Waals surface area contributed by atoms with Gasteiger partial charge in [-0.05, 0) is 37.4 Å². The van der Waals surface area contributed by atoms with Crippen LogP contribution in [0.3, 0.4) is 0 Å². The zero-order chi connectivity index (χ0) is 13.9. The smallest absolute Gasteiger partial charge is 0.0964 e. The zero-order valence-corrected chi connectivity index (χ0v) is 13.0. The molecule has 2 heterocycles. The van der Waals surface area contributed by atoms with E-state index in [1.807, 2.05) is 11.3 Å². The summed E-state index contributed by atoms with van der Waals surface area (Å²) in [6.07, 6.45) is 2.44. The lowest BCUT2D eigenvalue weighted by molar-refractivity contribution is 0.459. The molecule has 3 heteroatoms. The summed E-state index contributed by atoms with van der Waals surface area (Å²) in [6, 6.07) is 8.86. The lowest BCUT2D eigenvalue weighted by atomic mass is 9.99. The van der Waals surface area contributed by atoms with Crippen molar-refractivity contribution in [3.05, 3.63) is 40.2 Å². The van der Waals surface area contributed by atoms with Crippen molar-refractivity contribution in [2.75, 3.05) is 13.1 Å². The fourth-order valence-corrected chi connectivity index (χ4v) is 3.72. The summed E-state index contributed by atoms with van der Waals surface area (Å²) in [6.45, 7) is 6.71. The summed E-state index contributed by atoms with van der Waals surface area (Å²) >= 11 is 1.82. The van der Waals surface area contributed by atoms with Crippen LogP contribution in [0.15, 0.2) is 29.6 Å². The molecule has 0 aliphatic carbocycles. The van der Waals surface area contributed by atoms with Gasteiger partial charge < -0.3 is 5.32 Å². The van der Waals surface area contributed by atoms with Crippen molar-refractivity contribution >= 4 is 11.3 Å². The van der Waals surface area contributed by atoms with Gasteiger partial charge in [-0.3, -0.25) is 0 Å². The van der Waals surface area contributed by atoms with E-state index in [9.17, 15) is 0 Å². The van der Waals surface area contributed by atoms with E-state index in [1.165, 1.54) is 29.0 Å². The molecule has 1 aliphatic heterocycles. The van der Waals surface area contributed by atoms with Crippen molar-refractivity contribution < 1.29 is 0 Å². The quantitative estimate of drug-likeness (QED) is 0.904. The Morgan fingerprint density at radius 1 is 1.15 bits per heavy atom. The minimum Gasteiger partial charge on any atom is -0.317 e. The number of piperidine rings is 1. The summed E-state index contributed by atoms with van der Waals surface area (Å²) in [7, 11) is 0. The average Bonchev–Trinajstić information content (AvgIpc) is 2.98. The standard InChI is InChI=1S/C17H22N2S/c1-12(2)13-3-5-14(6-4-13)16-11-20-17(19-16)15-7-9-18-10-8-15/h3-6,11-12,15,18H,7-10H2,1-2H3. The maximum atomic E-state index is 4.87. The van der Waals surface area contributed by atoms with E-state index in [0.717, 1.165) is 18.8 Å². The second-order valence-corrected chi connectivity index (χ2v) is 6.76. The lowest BCUT2D eigenvalue weighted by Gasteiger charge is -2.20. The highest BCUT2D eigenvalue weighted by Crippen LogP contribution is 2.31. The molecule has 1 fully saturated rings. The summed E-state index contributed by atoms with van der Waals surface area (Å²) in [5.41, 5.74) is 3.77. The fraction of sp³-hybridized carbons (Fsp3) is 0.471. The van der Waals surface area contributed by atoms with Crippen LogP contribution >= 0.6 is 11.3 Å². The molecule has 1 aromatic carbocycles. The van der Waals surface area contributed by atoms with Gasteiger partial charge in [-0.25, -0.2) is 4.98 Å². The minimum atomic E-state index is 0.588. The van der Waals surface area contributed by atoms with Gasteiger partial charge in [0.25, 0.3) is 0 Å². The molecule has 1 N–H and O–H groups in total. The molecule has 106 valence electrons. The second-order valence-electron chi connectivity index (χ2n) is 5.87. The number of nitrogens with one attached hydrogen (secondary N) is 1. The first-order valence-corrected chi connectivity index (χ1v) is 8.38. The maximum Gasteiger partial charge on any atom is 0.0964 e. The molecule has 3 rings (SSSR count). The van der Waals surface area contributed by atoms with E-state index in [0.29, 0.717) is 11.8 Å².